The molecule has 0 N–H and O–H groups in total. The third kappa shape index (κ3) is 6.43. The van der Waals surface area contributed by atoms with E-state index in [1.807, 2.05) is 0 Å². The van der Waals surface area contributed by atoms with Crippen LogP contribution in [0.3, 0.4) is 0 Å². The quantitative estimate of drug-likeness (QED) is 0.461. The lowest BCUT2D eigenvalue weighted by Gasteiger charge is -2.28. The van der Waals surface area contributed by atoms with Crippen LogP contribution in [-0.4, -0.2) is 41.3 Å². The molecule has 0 aromatic rings. The summed E-state index contributed by atoms with van der Waals surface area (Å²) in [4.78, 5) is 13.7. The molecular weight excluding hydrogens is 333 g/mol. The van der Waals surface area contributed by atoms with Crippen molar-refractivity contribution in [2.75, 3.05) is 6.54 Å². The molecule has 0 saturated carbocycles. The molecule has 1 fully saturated rings. The summed E-state index contributed by atoms with van der Waals surface area (Å²) in [6, 6.07) is -0.0250. The molecule has 0 bridgehead atoms. The number of amides is 1. The molecule has 8 heteroatoms. The lowest BCUT2D eigenvalue weighted by molar-refractivity contribution is -0.284. The Labute approximate surface area is 139 Å². The summed E-state index contributed by atoms with van der Waals surface area (Å²) in [5.41, 5.74) is -0.590. The second-order valence-electron chi connectivity index (χ2n) is 7.27. The Kier molecular flexibility index (Phi) is 6.87. The fraction of sp³-hybridized carbons (Fsp3) is 0.938. The molecule has 0 radical (unpaired) electrons. The summed E-state index contributed by atoms with van der Waals surface area (Å²) in [7, 11) is 0. The lowest BCUT2D eigenvalue weighted by Crippen LogP contribution is -2.39. The summed E-state index contributed by atoms with van der Waals surface area (Å²) in [5.74, 6) is -4.62. The molecule has 1 aliphatic heterocycles. The Bertz CT molecular complexity index is 418. The Balaban J connectivity index is 2.33. The maximum absolute atomic E-state index is 12.8. The topological polar surface area (TPSA) is 29.5 Å². The summed E-state index contributed by atoms with van der Waals surface area (Å²) < 4.78 is 67.1. The number of hydrogen-bond acceptors (Lipinski definition) is 2. The molecule has 1 saturated heterocycles. The van der Waals surface area contributed by atoms with Crippen molar-refractivity contribution < 1.29 is 31.5 Å². The molecule has 1 atom stereocenters. The van der Waals surface area contributed by atoms with Gasteiger partial charge in [-0.2, -0.15) is 22.0 Å². The van der Waals surface area contributed by atoms with E-state index in [2.05, 4.69) is 0 Å². The number of hydrogen-bond donors (Lipinski definition) is 0. The molecule has 0 aromatic carbocycles. The van der Waals surface area contributed by atoms with Gasteiger partial charge in [-0.15, -0.1) is 0 Å². The van der Waals surface area contributed by atoms with Crippen molar-refractivity contribution in [1.82, 2.24) is 4.90 Å². The minimum atomic E-state index is -5.48. The fourth-order valence-corrected chi connectivity index (χ4v) is 2.74. The zero-order valence-electron chi connectivity index (χ0n) is 14.4. The van der Waals surface area contributed by atoms with E-state index in [-0.39, 0.29) is 18.9 Å². The molecule has 24 heavy (non-hydrogen) atoms. The number of likely N-dealkylation sites (tertiary alicyclic amines) is 1. The average Bonchev–Trinajstić information content (AvgIpc) is 2.83. The van der Waals surface area contributed by atoms with Gasteiger partial charge >= 0.3 is 18.2 Å². The standard InChI is InChI=1S/C16H26F5NO2/c1-14(2,3)24-13(23)22-11-7-9-12(22)8-5-4-6-10-15(17,18)16(19,20)21/h12H,4-11H2,1-3H3/t12-/m1/s1. The van der Waals surface area contributed by atoms with Crippen LogP contribution in [0.1, 0.15) is 65.7 Å². The van der Waals surface area contributed by atoms with Crippen LogP contribution in [0.2, 0.25) is 0 Å². The molecule has 0 aromatic heterocycles. The first kappa shape index (κ1) is 21.0. The highest BCUT2D eigenvalue weighted by molar-refractivity contribution is 5.68. The Morgan fingerprint density at radius 2 is 1.71 bits per heavy atom. The van der Waals surface area contributed by atoms with Crippen molar-refractivity contribution in [2.45, 2.75) is 89.5 Å². The van der Waals surface area contributed by atoms with Gasteiger partial charge in [-0.25, -0.2) is 4.79 Å². The number of carbonyl (C=O) groups excluding carboxylic acids is 1. The van der Waals surface area contributed by atoms with Gasteiger partial charge in [0, 0.05) is 19.0 Å². The molecule has 1 amide bonds. The summed E-state index contributed by atoms with van der Waals surface area (Å²) >= 11 is 0. The van der Waals surface area contributed by atoms with E-state index in [1.165, 1.54) is 0 Å². The first-order chi connectivity index (χ1) is 10.8. The summed E-state index contributed by atoms with van der Waals surface area (Å²) in [6.07, 6.45) is -4.21. The van der Waals surface area contributed by atoms with Gasteiger partial charge in [0.2, 0.25) is 0 Å². The van der Waals surface area contributed by atoms with Crippen LogP contribution in [0, 0.1) is 0 Å². The van der Waals surface area contributed by atoms with Crippen LogP contribution < -0.4 is 0 Å². The predicted molar refractivity (Wildman–Crippen MR) is 80.0 cm³/mol. The van der Waals surface area contributed by atoms with Crippen molar-refractivity contribution in [1.29, 1.82) is 0 Å². The second kappa shape index (κ2) is 7.87. The van der Waals surface area contributed by atoms with Crippen molar-refractivity contribution in [3.8, 4) is 0 Å². The molecule has 1 heterocycles. The number of rotatable bonds is 6. The van der Waals surface area contributed by atoms with E-state index >= 15 is 0 Å². The van der Waals surface area contributed by atoms with Crippen molar-refractivity contribution >= 4 is 6.09 Å². The number of carbonyl (C=O) groups is 1. The third-order valence-electron chi connectivity index (χ3n) is 3.95. The third-order valence-corrected chi connectivity index (χ3v) is 3.95. The molecule has 3 nitrogen and oxygen atoms in total. The van der Waals surface area contributed by atoms with Gasteiger partial charge in [0.05, 0.1) is 0 Å². The predicted octanol–water partition coefficient (Wildman–Crippen LogP) is 5.53. The molecular formula is C16H26F5NO2. The minimum absolute atomic E-state index is 0.0250. The maximum atomic E-state index is 12.8. The number of halogens is 5. The number of ether oxygens (including phenoxy) is 1. The van der Waals surface area contributed by atoms with Crippen LogP contribution in [-0.2, 0) is 4.74 Å². The van der Waals surface area contributed by atoms with Gasteiger partial charge in [-0.1, -0.05) is 12.8 Å². The summed E-state index contributed by atoms with van der Waals surface area (Å²) in [5, 5.41) is 0. The van der Waals surface area contributed by atoms with Crippen LogP contribution in [0.15, 0.2) is 0 Å². The van der Waals surface area contributed by atoms with Gasteiger partial charge in [0.1, 0.15) is 5.60 Å². The minimum Gasteiger partial charge on any atom is -0.444 e. The van der Waals surface area contributed by atoms with E-state index < -0.39 is 30.2 Å². The second-order valence-corrected chi connectivity index (χ2v) is 7.27. The first-order valence-corrected chi connectivity index (χ1v) is 8.28. The normalized spacial score (nSPS) is 19.7. The van der Waals surface area contributed by atoms with Crippen LogP contribution in [0.25, 0.3) is 0 Å². The fourth-order valence-electron chi connectivity index (χ4n) is 2.74. The SMILES string of the molecule is CC(C)(C)OC(=O)N1CCC[C@H]1CCCCCC(F)(F)C(F)(F)F. The Morgan fingerprint density at radius 1 is 1.08 bits per heavy atom. The van der Waals surface area contributed by atoms with Crippen molar-refractivity contribution in [2.24, 2.45) is 0 Å². The van der Waals surface area contributed by atoms with E-state index in [9.17, 15) is 26.7 Å². The molecule has 0 aliphatic carbocycles. The van der Waals surface area contributed by atoms with Crippen LogP contribution in [0.4, 0.5) is 26.7 Å². The first-order valence-electron chi connectivity index (χ1n) is 8.28. The van der Waals surface area contributed by atoms with Gasteiger partial charge in [-0.3, -0.25) is 0 Å². The smallest absolute Gasteiger partial charge is 0.444 e. The van der Waals surface area contributed by atoms with Crippen molar-refractivity contribution in [3.05, 3.63) is 0 Å². The zero-order valence-corrected chi connectivity index (χ0v) is 14.4. The van der Waals surface area contributed by atoms with E-state index in [0.29, 0.717) is 19.4 Å². The largest absolute Gasteiger partial charge is 0.453 e. The number of nitrogens with zero attached hydrogens (tertiary/aromatic N) is 1. The molecule has 0 unspecified atom stereocenters. The molecule has 0 spiro atoms. The highest BCUT2D eigenvalue weighted by Crippen LogP contribution is 2.39. The average molecular weight is 359 g/mol. The number of unbranched alkanes of at least 4 members (excludes halogenated alkanes) is 2. The van der Waals surface area contributed by atoms with E-state index in [0.717, 1.165) is 12.8 Å². The van der Waals surface area contributed by atoms with Gasteiger partial charge in [0.25, 0.3) is 0 Å². The summed E-state index contributed by atoms with van der Waals surface area (Å²) in [6.45, 7) is 5.91. The van der Waals surface area contributed by atoms with Crippen LogP contribution >= 0.6 is 0 Å². The van der Waals surface area contributed by atoms with Crippen LogP contribution in [0.5, 0.6) is 0 Å². The maximum Gasteiger partial charge on any atom is 0.453 e. The lowest BCUT2D eigenvalue weighted by atomic mass is 10.0. The number of alkyl halides is 5. The Hall–Kier alpha value is -1.08. The van der Waals surface area contributed by atoms with Gasteiger partial charge in [0.15, 0.2) is 0 Å². The molecule has 1 aliphatic rings. The highest BCUT2D eigenvalue weighted by Gasteiger charge is 2.56. The molecule has 1 rings (SSSR count). The highest BCUT2D eigenvalue weighted by atomic mass is 19.4. The van der Waals surface area contributed by atoms with E-state index in [4.69, 9.17) is 4.74 Å². The molecule has 142 valence electrons. The zero-order chi connectivity index (χ0) is 18.6. The van der Waals surface area contributed by atoms with Gasteiger partial charge in [-0.05, 0) is 46.5 Å². The Morgan fingerprint density at radius 3 is 2.25 bits per heavy atom. The van der Waals surface area contributed by atoms with Gasteiger partial charge < -0.3 is 9.64 Å². The monoisotopic (exact) mass is 359 g/mol. The van der Waals surface area contributed by atoms with E-state index in [1.54, 1.807) is 25.7 Å². The van der Waals surface area contributed by atoms with Crippen molar-refractivity contribution in [3.63, 3.8) is 0 Å².